The SMILES string of the molecule is CC1(C)c2ccccc2-c2cc(N(c3ccc(-c4ccc5sc6ccccc6c5c4)cc3)c3ccc4ccccc4c3)ccc21.CC1(C)c2ccccc2-c2cc(N(c3ccc(-c4ccccc4)cc3)c3ccc(-c4ccc5sc6ccccc6c5c4)cc3)ccc21.CC1(C)c2ccccc2-c2cc(N(c3ccccc3)c3ccc(-c4ccc5sc6ccccc6c5c4)cc3)ccc21. The lowest BCUT2D eigenvalue weighted by atomic mass is 9.82. The molecule has 23 aromatic rings. The Morgan fingerprint density at radius 3 is 0.759 bits per heavy atom. The summed E-state index contributed by atoms with van der Waals surface area (Å²) < 4.78 is 8.02. The first kappa shape index (κ1) is 81.0. The summed E-state index contributed by atoms with van der Waals surface area (Å²) in [5, 5.41) is 10.5. The minimum atomic E-state index is -0.0247. The van der Waals surface area contributed by atoms with Crippen LogP contribution in [0.25, 0.3) is 149 Å². The van der Waals surface area contributed by atoms with Crippen molar-refractivity contribution in [3.63, 3.8) is 0 Å². The van der Waals surface area contributed by atoms with E-state index in [-0.39, 0.29) is 16.2 Å². The molecular formula is C127H93N3S3. The lowest BCUT2D eigenvalue weighted by molar-refractivity contribution is 0.660. The Bertz CT molecular complexity index is 8470. The van der Waals surface area contributed by atoms with Crippen LogP contribution >= 0.6 is 34.0 Å². The largest absolute Gasteiger partial charge is 0.310 e. The van der Waals surface area contributed by atoms with E-state index >= 15 is 0 Å². The van der Waals surface area contributed by atoms with Crippen molar-refractivity contribution in [2.75, 3.05) is 14.7 Å². The monoisotopic (exact) mass is 1760 g/mol. The van der Waals surface area contributed by atoms with E-state index < -0.39 is 0 Å². The topological polar surface area (TPSA) is 9.72 Å². The molecule has 0 amide bonds. The van der Waals surface area contributed by atoms with Gasteiger partial charge >= 0.3 is 0 Å². The number of thiophene rings is 3. The predicted molar refractivity (Wildman–Crippen MR) is 574 cm³/mol. The average molecular weight is 1760 g/mol. The summed E-state index contributed by atoms with van der Waals surface area (Å²) in [5.41, 5.74) is 36.5. The molecule has 3 nitrogen and oxygen atoms in total. The van der Waals surface area contributed by atoms with Crippen molar-refractivity contribution in [1.29, 1.82) is 0 Å². The van der Waals surface area contributed by atoms with Crippen molar-refractivity contribution < 1.29 is 0 Å². The number of anilines is 9. The summed E-state index contributed by atoms with van der Waals surface area (Å²) in [4.78, 5) is 7.16. The predicted octanol–water partition coefficient (Wildman–Crippen LogP) is 37.3. The molecule has 0 fully saturated rings. The number of nitrogens with zero attached hydrogens (tertiary/aromatic N) is 3. The summed E-state index contributed by atoms with van der Waals surface area (Å²) >= 11 is 5.59. The summed E-state index contributed by atoms with van der Waals surface area (Å²) in [5.74, 6) is 0. The smallest absolute Gasteiger partial charge is 0.0468 e. The molecule has 0 saturated carbocycles. The third-order valence-electron chi connectivity index (χ3n) is 28.2. The van der Waals surface area contributed by atoms with Crippen LogP contribution in [0, 0.1) is 0 Å². The van der Waals surface area contributed by atoms with Crippen LogP contribution < -0.4 is 14.7 Å². The lowest BCUT2D eigenvalue weighted by Gasteiger charge is -2.27. The number of fused-ring (bicyclic) bond motifs is 19. The highest BCUT2D eigenvalue weighted by atomic mass is 32.1. The molecule has 133 heavy (non-hydrogen) atoms. The Balaban J connectivity index is 0.000000110. The zero-order chi connectivity index (χ0) is 89.2. The second-order valence-corrected chi connectivity index (χ2v) is 40.3. The molecule has 0 bridgehead atoms. The molecule has 6 heteroatoms. The van der Waals surface area contributed by atoms with Gasteiger partial charge in [-0.15, -0.1) is 34.0 Å². The van der Waals surface area contributed by atoms with Crippen LogP contribution in [0.2, 0.25) is 0 Å². The highest BCUT2D eigenvalue weighted by molar-refractivity contribution is 7.26. The number of benzene rings is 20. The molecule has 0 aliphatic heterocycles. The zero-order valence-electron chi connectivity index (χ0n) is 74.9. The third kappa shape index (κ3) is 14.2. The first-order chi connectivity index (χ1) is 65.2. The molecule has 0 spiro atoms. The maximum Gasteiger partial charge on any atom is 0.0468 e. The number of hydrogen-bond acceptors (Lipinski definition) is 6. The highest BCUT2D eigenvalue weighted by Crippen LogP contribution is 2.56. The molecule has 0 unspecified atom stereocenters. The van der Waals surface area contributed by atoms with E-state index in [1.807, 2.05) is 34.0 Å². The molecule has 0 N–H and O–H groups in total. The Morgan fingerprint density at radius 2 is 0.391 bits per heavy atom. The fraction of sp³-hybridized carbons (Fsp3) is 0.0709. The van der Waals surface area contributed by atoms with E-state index in [1.165, 1.54) is 188 Å². The van der Waals surface area contributed by atoms with Gasteiger partial charge in [0.05, 0.1) is 0 Å². The maximum absolute atomic E-state index is 2.40. The molecule has 3 aliphatic carbocycles. The standard InChI is InChI=1S/C45H33NS.C43H31NS.C39H29NS/c1-45(2)41-14-8-6-12-37(41)39-29-36(25-26-42(39)45)46(34-21-16-31(17-22-34)30-10-4-3-5-11-30)35-23-18-32(19-24-35)33-20-27-44-40(28-33)38-13-7-9-15-43(38)47-44;1-43(2)39-13-7-5-11-35(39)37-27-34(22-23-40(37)43)44(33-21-17-28-9-3-4-10-30(28)25-33)32-19-15-29(16-20-32)31-18-24-42-38(26-31)36-12-6-8-14-41(36)45-42;1-39(2)35-14-8-6-12-31(35)33-25-30(21-22-36(33)39)40(28-10-4-3-5-11-28)29-19-16-26(17-20-29)27-18-23-38-34(24-27)32-13-7-9-15-37(32)41-38/h3-29H,1-2H3;3-27H,1-2H3;3-25H,1-2H3. The van der Waals surface area contributed by atoms with Crippen LogP contribution in [-0.2, 0) is 16.2 Å². The second kappa shape index (κ2) is 32.7. The van der Waals surface area contributed by atoms with Gasteiger partial charge in [0, 0.05) is 128 Å². The number of hydrogen-bond donors (Lipinski definition) is 0. The molecule has 634 valence electrons. The lowest BCUT2D eigenvalue weighted by Crippen LogP contribution is -2.15. The van der Waals surface area contributed by atoms with Crippen LogP contribution in [-0.4, -0.2) is 0 Å². The molecule has 3 aliphatic rings. The molecule has 20 aromatic carbocycles. The Labute approximate surface area is 789 Å². The Morgan fingerprint density at radius 1 is 0.150 bits per heavy atom. The van der Waals surface area contributed by atoms with Gasteiger partial charge in [0.15, 0.2) is 0 Å². The quantitative estimate of drug-likeness (QED) is 0.114. The Hall–Kier alpha value is -15.3. The van der Waals surface area contributed by atoms with Crippen LogP contribution in [0.15, 0.2) is 455 Å². The van der Waals surface area contributed by atoms with Gasteiger partial charge in [-0.25, -0.2) is 0 Å². The van der Waals surface area contributed by atoms with Crippen LogP contribution in [0.3, 0.4) is 0 Å². The maximum atomic E-state index is 2.40. The van der Waals surface area contributed by atoms with Gasteiger partial charge in [-0.2, -0.15) is 0 Å². The van der Waals surface area contributed by atoms with Gasteiger partial charge in [-0.05, 0) is 286 Å². The van der Waals surface area contributed by atoms with E-state index in [4.69, 9.17) is 0 Å². The highest BCUT2D eigenvalue weighted by Gasteiger charge is 2.39. The molecule has 0 atom stereocenters. The molecule has 0 saturated heterocycles. The minimum absolute atomic E-state index is 0.00143. The number of para-hydroxylation sites is 1. The minimum Gasteiger partial charge on any atom is -0.310 e. The van der Waals surface area contributed by atoms with E-state index in [1.54, 1.807) is 0 Å². The second-order valence-electron chi connectivity index (χ2n) is 37.1. The van der Waals surface area contributed by atoms with Crippen molar-refractivity contribution in [2.24, 2.45) is 0 Å². The van der Waals surface area contributed by atoms with Gasteiger partial charge in [0.2, 0.25) is 0 Å². The van der Waals surface area contributed by atoms with Gasteiger partial charge in [-0.1, -0.05) is 333 Å². The zero-order valence-corrected chi connectivity index (χ0v) is 77.3. The third-order valence-corrected chi connectivity index (χ3v) is 31.7. The summed E-state index contributed by atoms with van der Waals surface area (Å²) in [6.07, 6.45) is 0. The van der Waals surface area contributed by atoms with Gasteiger partial charge < -0.3 is 14.7 Å². The van der Waals surface area contributed by atoms with Gasteiger partial charge in [0.25, 0.3) is 0 Å². The molecule has 26 rings (SSSR count). The van der Waals surface area contributed by atoms with Crippen molar-refractivity contribution >= 4 is 156 Å². The summed E-state index contributed by atoms with van der Waals surface area (Å²) in [6.45, 7) is 14.0. The van der Waals surface area contributed by atoms with Gasteiger partial charge in [-0.3, -0.25) is 0 Å². The van der Waals surface area contributed by atoms with Crippen LogP contribution in [0.4, 0.5) is 51.2 Å². The summed E-state index contributed by atoms with van der Waals surface area (Å²) in [7, 11) is 0. The van der Waals surface area contributed by atoms with Crippen molar-refractivity contribution in [1.82, 2.24) is 0 Å². The Kier molecular flexibility index (Phi) is 19.9. The fourth-order valence-corrected chi connectivity index (χ4v) is 24.6. The normalized spacial score (nSPS) is 13.2. The van der Waals surface area contributed by atoms with Crippen molar-refractivity contribution in [2.45, 2.75) is 57.8 Å². The first-order valence-electron chi connectivity index (χ1n) is 46.1. The fourth-order valence-electron chi connectivity index (χ4n) is 21.3. The van der Waals surface area contributed by atoms with E-state index in [2.05, 4.69) is 511 Å². The van der Waals surface area contributed by atoms with E-state index in [9.17, 15) is 0 Å². The average Bonchev–Trinajstić information content (AvgIpc) is 1.58. The van der Waals surface area contributed by atoms with Gasteiger partial charge in [0.1, 0.15) is 0 Å². The van der Waals surface area contributed by atoms with E-state index in [0.717, 1.165) is 45.5 Å². The summed E-state index contributed by atoms with van der Waals surface area (Å²) in [6, 6.07) is 167. The molecule has 3 aromatic heterocycles. The first-order valence-corrected chi connectivity index (χ1v) is 48.5. The van der Waals surface area contributed by atoms with Crippen LogP contribution in [0.5, 0.6) is 0 Å². The van der Waals surface area contributed by atoms with E-state index in [0.29, 0.717) is 0 Å². The molecular weight excluding hydrogens is 1660 g/mol. The van der Waals surface area contributed by atoms with Crippen molar-refractivity contribution in [3.8, 4) is 77.9 Å². The molecule has 3 heterocycles. The number of rotatable bonds is 13. The molecule has 0 radical (unpaired) electrons. The van der Waals surface area contributed by atoms with Crippen molar-refractivity contribution in [3.05, 3.63) is 488 Å². The van der Waals surface area contributed by atoms with Crippen LogP contribution in [0.1, 0.15) is 74.9 Å².